The number of hydrogen-bond acceptors (Lipinski definition) is 5. The Balaban J connectivity index is 1.55. The zero-order valence-electron chi connectivity index (χ0n) is 18.9. The molecule has 0 aliphatic rings. The number of rotatable bonds is 10. The molecule has 4 aromatic rings. The van der Waals surface area contributed by atoms with E-state index in [1.165, 1.54) is 17.8 Å². The zero-order chi connectivity index (χ0) is 23.9. The number of methoxy groups -OCH3 is 1. The highest BCUT2D eigenvalue weighted by Gasteiger charge is 2.20. The number of thioether (sulfide) groups is 1. The number of aromatic nitrogens is 3. The van der Waals surface area contributed by atoms with Crippen molar-refractivity contribution in [2.45, 2.75) is 30.5 Å². The Bertz CT molecular complexity index is 1230. The zero-order valence-corrected chi connectivity index (χ0v) is 19.8. The average molecular weight is 482 g/mol. The monoisotopic (exact) mass is 481 g/mol. The van der Waals surface area contributed by atoms with Crippen molar-refractivity contribution in [3.63, 3.8) is 0 Å². The van der Waals surface area contributed by atoms with Gasteiger partial charge in [-0.3, -0.25) is 0 Å². The number of benzene rings is 3. The second-order valence-electron chi connectivity index (χ2n) is 7.62. The molecule has 0 spiro atoms. The predicted molar refractivity (Wildman–Crippen MR) is 129 cm³/mol. The lowest BCUT2D eigenvalue weighted by molar-refractivity contribution is 0.181. The van der Waals surface area contributed by atoms with Crippen molar-refractivity contribution in [1.82, 2.24) is 14.8 Å². The van der Waals surface area contributed by atoms with Gasteiger partial charge in [0.1, 0.15) is 24.0 Å². The first kappa shape index (κ1) is 23.9. The van der Waals surface area contributed by atoms with E-state index in [9.17, 15) is 8.78 Å². The standard InChI is InChI=1S/C26H25F2N3O2S/c1-18(22-16-20(27)12-13-23(22)28)34-26-30-29-25(31(26)14-15-32-2)17-33-24-11-7-6-10-21(24)19-8-4-3-5-9-19/h3-13,16,18H,14-15,17H2,1-2H3. The third kappa shape index (κ3) is 5.63. The van der Waals surface area contributed by atoms with Crippen LogP contribution >= 0.6 is 11.8 Å². The maximum absolute atomic E-state index is 14.3. The number of nitrogens with zero attached hydrogens (tertiary/aromatic N) is 3. The Morgan fingerprint density at radius 1 is 0.971 bits per heavy atom. The van der Waals surface area contributed by atoms with Gasteiger partial charge in [0, 0.05) is 30.0 Å². The van der Waals surface area contributed by atoms with Crippen molar-refractivity contribution in [1.29, 1.82) is 0 Å². The maximum Gasteiger partial charge on any atom is 0.191 e. The molecule has 0 amide bonds. The summed E-state index contributed by atoms with van der Waals surface area (Å²) in [6, 6.07) is 21.3. The molecule has 0 fully saturated rings. The molecular formula is C26H25F2N3O2S. The largest absolute Gasteiger partial charge is 0.485 e. The summed E-state index contributed by atoms with van der Waals surface area (Å²) in [6.45, 7) is 2.96. The fourth-order valence-electron chi connectivity index (χ4n) is 3.56. The molecule has 1 aromatic heterocycles. The van der Waals surface area contributed by atoms with Crippen LogP contribution in [0.1, 0.15) is 23.6 Å². The van der Waals surface area contributed by atoms with Gasteiger partial charge in [0.05, 0.1) is 6.61 Å². The molecule has 0 aliphatic carbocycles. The summed E-state index contributed by atoms with van der Waals surface area (Å²) in [5.41, 5.74) is 2.32. The van der Waals surface area contributed by atoms with Crippen LogP contribution < -0.4 is 4.74 Å². The van der Waals surface area contributed by atoms with Gasteiger partial charge in [-0.15, -0.1) is 10.2 Å². The fourth-order valence-corrected chi connectivity index (χ4v) is 4.59. The van der Waals surface area contributed by atoms with Crippen molar-refractivity contribution in [3.8, 4) is 16.9 Å². The van der Waals surface area contributed by atoms with E-state index in [0.717, 1.165) is 29.0 Å². The molecular weight excluding hydrogens is 456 g/mol. The number of hydrogen-bond donors (Lipinski definition) is 0. The molecule has 3 aromatic carbocycles. The minimum absolute atomic E-state index is 0.198. The molecule has 1 atom stereocenters. The molecule has 4 rings (SSSR count). The van der Waals surface area contributed by atoms with Gasteiger partial charge in [0.2, 0.25) is 0 Å². The molecule has 0 radical (unpaired) electrons. The van der Waals surface area contributed by atoms with Crippen LogP contribution in [0, 0.1) is 11.6 Å². The van der Waals surface area contributed by atoms with Gasteiger partial charge < -0.3 is 14.0 Å². The minimum Gasteiger partial charge on any atom is -0.485 e. The third-order valence-electron chi connectivity index (χ3n) is 5.32. The molecule has 1 unspecified atom stereocenters. The predicted octanol–water partition coefficient (Wildman–Crippen LogP) is 6.30. The van der Waals surface area contributed by atoms with E-state index >= 15 is 0 Å². The first-order valence-corrected chi connectivity index (χ1v) is 11.7. The molecule has 0 N–H and O–H groups in total. The highest BCUT2D eigenvalue weighted by Crippen LogP contribution is 2.36. The molecule has 5 nitrogen and oxygen atoms in total. The van der Waals surface area contributed by atoms with Crippen molar-refractivity contribution in [3.05, 3.63) is 95.8 Å². The summed E-state index contributed by atoms with van der Waals surface area (Å²) in [5.74, 6) is 0.426. The molecule has 0 bridgehead atoms. The van der Waals surface area contributed by atoms with Crippen molar-refractivity contribution in [2.24, 2.45) is 0 Å². The SMILES string of the molecule is COCCn1c(COc2ccccc2-c2ccccc2)nnc1SC(C)c1cc(F)ccc1F. The molecule has 0 saturated heterocycles. The van der Waals surface area contributed by atoms with Gasteiger partial charge in [0.25, 0.3) is 0 Å². The second kappa shape index (κ2) is 11.3. The van der Waals surface area contributed by atoms with Gasteiger partial charge in [-0.25, -0.2) is 8.78 Å². The van der Waals surface area contributed by atoms with Crippen LogP contribution in [0.15, 0.2) is 78.0 Å². The van der Waals surface area contributed by atoms with Crippen LogP contribution in [0.25, 0.3) is 11.1 Å². The van der Waals surface area contributed by atoms with E-state index in [2.05, 4.69) is 10.2 Å². The van der Waals surface area contributed by atoms with Crippen LogP contribution in [-0.2, 0) is 17.9 Å². The number of halogens is 2. The maximum atomic E-state index is 14.3. The summed E-state index contributed by atoms with van der Waals surface area (Å²) in [7, 11) is 1.62. The minimum atomic E-state index is -0.476. The topological polar surface area (TPSA) is 49.2 Å². The van der Waals surface area contributed by atoms with Gasteiger partial charge >= 0.3 is 0 Å². The quantitative estimate of drug-likeness (QED) is 0.249. The number of para-hydroxylation sites is 1. The lowest BCUT2D eigenvalue weighted by atomic mass is 10.1. The van der Waals surface area contributed by atoms with E-state index in [4.69, 9.17) is 9.47 Å². The summed E-state index contributed by atoms with van der Waals surface area (Å²) < 4.78 is 41.2. The van der Waals surface area contributed by atoms with Crippen LogP contribution in [0.2, 0.25) is 0 Å². The van der Waals surface area contributed by atoms with Crippen LogP contribution in [0.5, 0.6) is 5.75 Å². The fraction of sp³-hybridized carbons (Fsp3) is 0.231. The smallest absolute Gasteiger partial charge is 0.191 e. The summed E-state index contributed by atoms with van der Waals surface area (Å²) in [6.07, 6.45) is 0. The van der Waals surface area contributed by atoms with Gasteiger partial charge in [-0.1, -0.05) is 60.3 Å². The molecule has 0 aliphatic heterocycles. The summed E-state index contributed by atoms with van der Waals surface area (Å²) >= 11 is 1.31. The van der Waals surface area contributed by atoms with E-state index in [1.807, 2.05) is 66.1 Å². The Hall–Kier alpha value is -3.23. The third-order valence-corrected chi connectivity index (χ3v) is 6.44. The molecule has 1 heterocycles. The Morgan fingerprint density at radius 2 is 1.74 bits per heavy atom. The van der Waals surface area contributed by atoms with Crippen LogP contribution in [-0.4, -0.2) is 28.5 Å². The van der Waals surface area contributed by atoms with Gasteiger partial charge in [0.15, 0.2) is 11.0 Å². The lowest BCUT2D eigenvalue weighted by Crippen LogP contribution is -2.12. The van der Waals surface area contributed by atoms with E-state index in [1.54, 1.807) is 7.11 Å². The molecule has 176 valence electrons. The van der Waals surface area contributed by atoms with Crippen molar-refractivity contribution < 1.29 is 18.3 Å². The van der Waals surface area contributed by atoms with Crippen molar-refractivity contribution in [2.75, 3.05) is 13.7 Å². The van der Waals surface area contributed by atoms with E-state index in [-0.39, 0.29) is 17.4 Å². The molecule has 0 saturated carbocycles. The Kier molecular flexibility index (Phi) is 7.92. The van der Waals surface area contributed by atoms with Gasteiger partial charge in [-0.2, -0.15) is 0 Å². The summed E-state index contributed by atoms with van der Waals surface area (Å²) in [4.78, 5) is 0. The highest BCUT2D eigenvalue weighted by molar-refractivity contribution is 7.99. The Labute approximate surface area is 201 Å². The van der Waals surface area contributed by atoms with Crippen molar-refractivity contribution >= 4 is 11.8 Å². The molecule has 34 heavy (non-hydrogen) atoms. The van der Waals surface area contributed by atoms with E-state index in [0.29, 0.717) is 24.1 Å². The first-order valence-electron chi connectivity index (χ1n) is 10.9. The number of ether oxygens (including phenoxy) is 2. The van der Waals surface area contributed by atoms with Crippen LogP contribution in [0.4, 0.5) is 8.78 Å². The highest BCUT2D eigenvalue weighted by atomic mass is 32.2. The summed E-state index contributed by atoms with van der Waals surface area (Å²) in [5, 5.41) is 8.84. The second-order valence-corrected chi connectivity index (χ2v) is 8.93. The van der Waals surface area contributed by atoms with E-state index < -0.39 is 11.6 Å². The van der Waals surface area contributed by atoms with Gasteiger partial charge in [-0.05, 0) is 36.8 Å². The van der Waals surface area contributed by atoms with Crippen LogP contribution in [0.3, 0.4) is 0 Å². The lowest BCUT2D eigenvalue weighted by Gasteiger charge is -2.15. The normalized spacial score (nSPS) is 12.0. The average Bonchev–Trinajstić information content (AvgIpc) is 3.24. The first-order chi connectivity index (χ1) is 16.6. The molecule has 8 heteroatoms. The Morgan fingerprint density at radius 3 is 2.53 bits per heavy atom.